The number of hydrogen-bond acceptors (Lipinski definition) is 4. The highest BCUT2D eigenvalue weighted by Crippen LogP contribution is 2.45. The zero-order valence-electron chi connectivity index (χ0n) is 27.5. The van der Waals surface area contributed by atoms with E-state index in [4.69, 9.17) is 9.47 Å². The molecule has 8 heteroatoms. The number of aromatic nitrogens is 1. The molecule has 0 radical (unpaired) electrons. The summed E-state index contributed by atoms with van der Waals surface area (Å²) in [4.78, 5) is 32.1. The van der Waals surface area contributed by atoms with Gasteiger partial charge >= 0.3 is 6.03 Å². The standard InChI is InChI=1S/C37H44N4O4/c1-23(2)27-13-11-14-28(24(3)4)35(27)38-37(43)40(25(5)6)22-34(42)41-31-16-10-9-15-30(31)39-20-12-17-32(39)36(41)29-21-26(44-7)18-19-33(29)45-8/h9-21,23-25,36H,22H2,1-8H3,(H,38,43). The van der Waals surface area contributed by atoms with Crippen molar-refractivity contribution >= 4 is 23.3 Å². The summed E-state index contributed by atoms with van der Waals surface area (Å²) in [6.07, 6.45) is 2.00. The van der Waals surface area contributed by atoms with Gasteiger partial charge in [-0.25, -0.2) is 4.79 Å². The van der Waals surface area contributed by atoms with E-state index in [1.54, 1.807) is 24.0 Å². The van der Waals surface area contributed by atoms with Gasteiger partial charge in [-0.2, -0.15) is 0 Å². The summed E-state index contributed by atoms with van der Waals surface area (Å²) in [6, 6.07) is 22.5. The maximum atomic E-state index is 14.7. The van der Waals surface area contributed by atoms with Crippen molar-refractivity contribution < 1.29 is 19.1 Å². The maximum Gasteiger partial charge on any atom is 0.322 e. The third-order valence-electron chi connectivity index (χ3n) is 8.51. The molecule has 5 rings (SSSR count). The summed E-state index contributed by atoms with van der Waals surface area (Å²) in [5.74, 6) is 1.51. The molecular formula is C37H44N4O4. The Kier molecular flexibility index (Phi) is 9.23. The average Bonchev–Trinajstić information content (AvgIpc) is 3.52. The van der Waals surface area contributed by atoms with Crippen molar-refractivity contribution in [3.8, 4) is 17.2 Å². The van der Waals surface area contributed by atoms with Gasteiger partial charge in [-0.1, -0.05) is 58.0 Å². The second-order valence-corrected chi connectivity index (χ2v) is 12.3. The molecule has 8 nitrogen and oxygen atoms in total. The molecule has 0 bridgehead atoms. The summed E-state index contributed by atoms with van der Waals surface area (Å²) < 4.78 is 13.5. The molecule has 3 aromatic carbocycles. The first kappa shape index (κ1) is 31.7. The average molecular weight is 609 g/mol. The zero-order chi connectivity index (χ0) is 32.4. The normalized spacial score (nSPS) is 13.9. The predicted molar refractivity (Wildman–Crippen MR) is 180 cm³/mol. The van der Waals surface area contributed by atoms with Gasteiger partial charge in [0.15, 0.2) is 0 Å². The summed E-state index contributed by atoms with van der Waals surface area (Å²) in [6.45, 7) is 12.2. The summed E-state index contributed by atoms with van der Waals surface area (Å²) in [7, 11) is 3.24. The van der Waals surface area contributed by atoms with Gasteiger partial charge in [0.1, 0.15) is 24.1 Å². The van der Waals surface area contributed by atoms with Crippen LogP contribution in [0.2, 0.25) is 0 Å². The van der Waals surface area contributed by atoms with Crippen molar-refractivity contribution in [2.45, 2.75) is 65.5 Å². The number of urea groups is 1. The highest BCUT2D eigenvalue weighted by atomic mass is 16.5. The second kappa shape index (κ2) is 13.1. The number of carbonyl (C=O) groups is 2. The van der Waals surface area contributed by atoms with Gasteiger partial charge < -0.3 is 24.3 Å². The molecular weight excluding hydrogens is 564 g/mol. The summed E-state index contributed by atoms with van der Waals surface area (Å²) in [5.41, 5.74) is 6.29. The van der Waals surface area contributed by atoms with Crippen molar-refractivity contribution in [3.63, 3.8) is 0 Å². The van der Waals surface area contributed by atoms with Crippen LogP contribution < -0.4 is 19.7 Å². The quantitative estimate of drug-likeness (QED) is 0.208. The molecule has 1 unspecified atom stereocenters. The van der Waals surface area contributed by atoms with Gasteiger partial charge in [-0.05, 0) is 79.3 Å². The van der Waals surface area contributed by atoms with Crippen LogP contribution in [0.15, 0.2) is 79.0 Å². The molecule has 0 fully saturated rings. The number of methoxy groups -OCH3 is 2. The first-order chi connectivity index (χ1) is 21.6. The Morgan fingerprint density at radius 2 is 1.49 bits per heavy atom. The lowest BCUT2D eigenvalue weighted by Gasteiger charge is -2.40. The number of ether oxygens (including phenoxy) is 2. The van der Waals surface area contributed by atoms with Gasteiger partial charge in [-0.3, -0.25) is 9.69 Å². The van der Waals surface area contributed by atoms with Gasteiger partial charge in [0, 0.05) is 23.5 Å². The molecule has 0 saturated carbocycles. The van der Waals surface area contributed by atoms with Crippen LogP contribution in [-0.4, -0.2) is 48.2 Å². The fraction of sp³-hybridized carbons (Fsp3) is 0.351. The van der Waals surface area contributed by atoms with E-state index in [-0.39, 0.29) is 36.4 Å². The Balaban J connectivity index is 1.57. The fourth-order valence-corrected chi connectivity index (χ4v) is 6.19. The van der Waals surface area contributed by atoms with Gasteiger partial charge in [0.25, 0.3) is 0 Å². The number of nitrogens with one attached hydrogen (secondary N) is 1. The number of anilines is 2. The molecule has 4 aromatic rings. The third-order valence-corrected chi connectivity index (χ3v) is 8.51. The van der Waals surface area contributed by atoms with Crippen molar-refractivity contribution in [3.05, 3.63) is 101 Å². The molecule has 2 heterocycles. The van der Waals surface area contributed by atoms with Crippen LogP contribution in [-0.2, 0) is 4.79 Å². The van der Waals surface area contributed by atoms with Gasteiger partial charge in [0.2, 0.25) is 5.91 Å². The molecule has 3 amide bonds. The largest absolute Gasteiger partial charge is 0.497 e. The van der Waals surface area contributed by atoms with Gasteiger partial charge in [0.05, 0.1) is 31.3 Å². The minimum Gasteiger partial charge on any atom is -0.497 e. The van der Waals surface area contributed by atoms with Crippen LogP contribution in [0, 0.1) is 0 Å². The van der Waals surface area contributed by atoms with Crippen molar-refractivity contribution in [1.82, 2.24) is 9.47 Å². The molecule has 0 saturated heterocycles. The topological polar surface area (TPSA) is 76.0 Å². The van der Waals surface area contributed by atoms with E-state index in [2.05, 4.69) is 49.7 Å². The smallest absolute Gasteiger partial charge is 0.322 e. The number of hydrogen-bond donors (Lipinski definition) is 1. The van der Waals surface area contributed by atoms with E-state index in [0.717, 1.165) is 39.4 Å². The molecule has 1 N–H and O–H groups in total. The lowest BCUT2D eigenvalue weighted by molar-refractivity contribution is -0.119. The molecule has 45 heavy (non-hydrogen) atoms. The van der Waals surface area contributed by atoms with Crippen molar-refractivity contribution in [2.75, 3.05) is 31.0 Å². The molecule has 1 aliphatic rings. The van der Waals surface area contributed by atoms with Crippen LogP contribution in [0.1, 0.15) is 81.8 Å². The van der Waals surface area contributed by atoms with Crippen LogP contribution in [0.25, 0.3) is 5.69 Å². The number of carbonyl (C=O) groups excluding carboxylic acids is 2. The highest BCUT2D eigenvalue weighted by molar-refractivity contribution is 6.02. The number of nitrogens with zero attached hydrogens (tertiary/aromatic N) is 3. The number of rotatable bonds is 9. The van der Waals surface area contributed by atoms with Crippen LogP contribution in [0.4, 0.5) is 16.2 Å². The molecule has 1 aliphatic heterocycles. The first-order valence-electron chi connectivity index (χ1n) is 15.6. The number of benzene rings is 3. The molecule has 236 valence electrons. The maximum absolute atomic E-state index is 14.7. The number of fused-ring (bicyclic) bond motifs is 3. The van der Waals surface area contributed by atoms with Crippen LogP contribution in [0.5, 0.6) is 11.5 Å². The molecule has 1 atom stereocenters. The minimum absolute atomic E-state index is 0.123. The van der Waals surface area contributed by atoms with Crippen LogP contribution >= 0.6 is 0 Å². The van der Waals surface area contributed by atoms with Gasteiger partial charge in [-0.15, -0.1) is 0 Å². The lowest BCUT2D eigenvalue weighted by atomic mass is 9.92. The number of amides is 3. The monoisotopic (exact) mass is 608 g/mol. The van der Waals surface area contributed by atoms with E-state index < -0.39 is 6.04 Å². The molecule has 0 aliphatic carbocycles. The fourth-order valence-electron chi connectivity index (χ4n) is 6.19. The van der Waals surface area contributed by atoms with E-state index >= 15 is 0 Å². The SMILES string of the molecule is COc1ccc(OC)c(C2c3cccn3-c3ccccc3N2C(=O)CN(C(=O)Nc2c(C(C)C)cccc2C(C)C)C(C)C)c1. The van der Waals surface area contributed by atoms with Crippen molar-refractivity contribution in [2.24, 2.45) is 0 Å². The minimum atomic E-state index is -0.529. The molecule has 1 aromatic heterocycles. The Morgan fingerprint density at radius 3 is 2.09 bits per heavy atom. The van der Waals surface area contributed by atoms with E-state index in [1.165, 1.54) is 0 Å². The Morgan fingerprint density at radius 1 is 0.822 bits per heavy atom. The van der Waals surface area contributed by atoms with E-state index in [9.17, 15) is 9.59 Å². The highest BCUT2D eigenvalue weighted by Gasteiger charge is 2.39. The van der Waals surface area contributed by atoms with E-state index in [0.29, 0.717) is 11.5 Å². The summed E-state index contributed by atoms with van der Waals surface area (Å²) >= 11 is 0. The Hall–Kier alpha value is -4.72. The lowest BCUT2D eigenvalue weighted by Crippen LogP contribution is -2.50. The molecule has 0 spiro atoms. The van der Waals surface area contributed by atoms with E-state index in [1.807, 2.05) is 80.7 Å². The Bertz CT molecular complexity index is 1660. The summed E-state index contributed by atoms with van der Waals surface area (Å²) in [5, 5.41) is 3.21. The van der Waals surface area contributed by atoms with Crippen molar-refractivity contribution in [1.29, 1.82) is 0 Å². The van der Waals surface area contributed by atoms with Crippen LogP contribution in [0.3, 0.4) is 0 Å². The predicted octanol–water partition coefficient (Wildman–Crippen LogP) is 8.12. The second-order valence-electron chi connectivity index (χ2n) is 12.3. The number of para-hydroxylation sites is 3. The first-order valence-corrected chi connectivity index (χ1v) is 15.6. The zero-order valence-corrected chi connectivity index (χ0v) is 27.5. The third kappa shape index (κ3) is 6.01. The Labute approximate surface area is 266 Å².